The molecule has 1 aromatic rings. The average Bonchev–Trinajstić information content (AvgIpc) is 2.41. The largest absolute Gasteiger partial charge is 0.478 e. The van der Waals surface area contributed by atoms with Crippen LogP contribution in [0.5, 0.6) is 0 Å². The van der Waals surface area contributed by atoms with E-state index >= 15 is 0 Å². The van der Waals surface area contributed by atoms with E-state index in [1.165, 1.54) is 12.1 Å². The number of carboxylic acid groups (broad SMARTS) is 1. The van der Waals surface area contributed by atoms with Crippen LogP contribution in [-0.2, 0) is 11.2 Å². The highest BCUT2D eigenvalue weighted by atomic mass is 19.4. The van der Waals surface area contributed by atoms with Gasteiger partial charge in [-0.05, 0) is 30.5 Å². The molecule has 4 nitrogen and oxygen atoms in total. The molecule has 21 heavy (non-hydrogen) atoms. The summed E-state index contributed by atoms with van der Waals surface area (Å²) in [6.07, 6.45) is -4.69. The van der Waals surface area contributed by atoms with Crippen LogP contribution in [0.4, 0.5) is 13.2 Å². The van der Waals surface area contributed by atoms with Gasteiger partial charge in [-0.3, -0.25) is 4.79 Å². The molecule has 0 saturated carbocycles. The molecule has 2 N–H and O–H groups in total. The molecule has 1 aromatic carbocycles. The third-order valence-electron chi connectivity index (χ3n) is 2.80. The third-order valence-corrected chi connectivity index (χ3v) is 2.80. The molecule has 7 heteroatoms. The number of aromatic carboxylic acids is 1. The van der Waals surface area contributed by atoms with Gasteiger partial charge in [0, 0.05) is 19.4 Å². The number of hydrogen-bond acceptors (Lipinski definition) is 2. The van der Waals surface area contributed by atoms with Gasteiger partial charge < -0.3 is 10.4 Å². The summed E-state index contributed by atoms with van der Waals surface area (Å²) in [5.74, 6) is -1.34. The van der Waals surface area contributed by atoms with Gasteiger partial charge in [-0.15, -0.1) is 0 Å². The number of benzene rings is 1. The van der Waals surface area contributed by atoms with E-state index in [1.54, 1.807) is 12.1 Å². The van der Waals surface area contributed by atoms with Crippen LogP contribution in [0.2, 0.25) is 0 Å². The molecule has 0 aliphatic heterocycles. The topological polar surface area (TPSA) is 66.4 Å². The fourth-order valence-electron chi connectivity index (χ4n) is 1.68. The number of hydrogen-bond donors (Lipinski definition) is 2. The molecule has 0 heterocycles. The van der Waals surface area contributed by atoms with Gasteiger partial charge in [0.15, 0.2) is 0 Å². The summed E-state index contributed by atoms with van der Waals surface area (Å²) in [7, 11) is 0. The summed E-state index contributed by atoms with van der Waals surface area (Å²) in [6.45, 7) is -0.00368. The van der Waals surface area contributed by atoms with Crippen molar-refractivity contribution in [3.63, 3.8) is 0 Å². The number of rotatable bonds is 7. The second kappa shape index (κ2) is 7.66. The van der Waals surface area contributed by atoms with Crippen molar-refractivity contribution in [2.75, 3.05) is 6.54 Å². The van der Waals surface area contributed by atoms with Gasteiger partial charge in [-0.2, -0.15) is 13.2 Å². The normalized spacial score (nSPS) is 11.2. The number of amides is 1. The van der Waals surface area contributed by atoms with Gasteiger partial charge in [0.25, 0.3) is 0 Å². The number of carboxylic acids is 1. The maximum atomic E-state index is 11.9. The van der Waals surface area contributed by atoms with Crippen molar-refractivity contribution in [3.8, 4) is 0 Å². The molecular weight excluding hydrogens is 287 g/mol. The molecule has 0 atom stereocenters. The fraction of sp³-hybridized carbons (Fsp3) is 0.429. The summed E-state index contributed by atoms with van der Waals surface area (Å²) in [5, 5.41) is 11.1. The maximum absolute atomic E-state index is 11.9. The fourth-order valence-corrected chi connectivity index (χ4v) is 1.68. The van der Waals surface area contributed by atoms with E-state index in [0.29, 0.717) is 6.42 Å². The van der Waals surface area contributed by atoms with E-state index in [1.807, 2.05) is 0 Å². The van der Waals surface area contributed by atoms with E-state index in [9.17, 15) is 22.8 Å². The van der Waals surface area contributed by atoms with Crippen molar-refractivity contribution in [2.45, 2.75) is 31.9 Å². The lowest BCUT2D eigenvalue weighted by Crippen LogP contribution is -2.25. The molecule has 0 unspecified atom stereocenters. The summed E-state index contributed by atoms with van der Waals surface area (Å²) >= 11 is 0. The average molecular weight is 303 g/mol. The minimum absolute atomic E-state index is 0.00368. The number of aryl methyl sites for hydroxylation is 1. The molecule has 0 spiro atoms. The lowest BCUT2D eigenvalue weighted by atomic mass is 10.1. The quantitative estimate of drug-likeness (QED) is 0.761. The Morgan fingerprint density at radius 2 is 1.76 bits per heavy atom. The van der Waals surface area contributed by atoms with E-state index < -0.39 is 18.6 Å². The molecule has 0 bridgehead atoms. The molecule has 0 aliphatic carbocycles. The SMILES string of the molecule is O=C(CCc1ccc(C(=O)O)cc1)NCCCC(F)(F)F. The molecule has 116 valence electrons. The predicted molar refractivity (Wildman–Crippen MR) is 70.0 cm³/mol. The van der Waals surface area contributed by atoms with Crippen molar-refractivity contribution in [1.82, 2.24) is 5.32 Å². The Morgan fingerprint density at radius 1 is 1.14 bits per heavy atom. The van der Waals surface area contributed by atoms with Gasteiger partial charge in [0.05, 0.1) is 5.56 Å². The van der Waals surface area contributed by atoms with Crippen LogP contribution in [0.3, 0.4) is 0 Å². The van der Waals surface area contributed by atoms with Gasteiger partial charge >= 0.3 is 12.1 Å². The zero-order chi connectivity index (χ0) is 15.9. The second-order valence-corrected chi connectivity index (χ2v) is 4.57. The summed E-state index contributed by atoms with van der Waals surface area (Å²) in [5.41, 5.74) is 0.959. The molecule has 1 rings (SSSR count). The molecule has 0 aromatic heterocycles. The molecule has 0 fully saturated rings. The summed E-state index contributed by atoms with van der Waals surface area (Å²) < 4.78 is 35.7. The van der Waals surface area contributed by atoms with Crippen molar-refractivity contribution >= 4 is 11.9 Å². The van der Waals surface area contributed by atoms with Crippen LogP contribution >= 0.6 is 0 Å². The monoisotopic (exact) mass is 303 g/mol. The van der Waals surface area contributed by atoms with Crippen LogP contribution in [0.15, 0.2) is 24.3 Å². The first-order valence-electron chi connectivity index (χ1n) is 6.43. The Bertz CT molecular complexity index is 483. The van der Waals surface area contributed by atoms with Gasteiger partial charge in [-0.25, -0.2) is 4.79 Å². The predicted octanol–water partition coefficient (Wildman–Crippen LogP) is 2.78. The Balaban J connectivity index is 2.25. The third kappa shape index (κ3) is 7.34. The Labute approximate surface area is 120 Å². The van der Waals surface area contributed by atoms with Gasteiger partial charge in [-0.1, -0.05) is 12.1 Å². The lowest BCUT2D eigenvalue weighted by Gasteiger charge is -2.07. The first-order valence-corrected chi connectivity index (χ1v) is 6.43. The maximum Gasteiger partial charge on any atom is 0.389 e. The van der Waals surface area contributed by atoms with Crippen molar-refractivity contribution in [3.05, 3.63) is 35.4 Å². The number of alkyl halides is 3. The van der Waals surface area contributed by atoms with Crippen LogP contribution in [0.1, 0.15) is 35.2 Å². The van der Waals surface area contributed by atoms with Crippen LogP contribution in [-0.4, -0.2) is 29.7 Å². The van der Waals surface area contributed by atoms with E-state index in [-0.39, 0.29) is 30.9 Å². The lowest BCUT2D eigenvalue weighted by molar-refractivity contribution is -0.136. The molecule has 1 amide bonds. The van der Waals surface area contributed by atoms with Crippen LogP contribution in [0.25, 0.3) is 0 Å². The Hall–Kier alpha value is -2.05. The van der Waals surface area contributed by atoms with E-state index in [2.05, 4.69) is 5.32 Å². The number of carbonyl (C=O) groups excluding carboxylic acids is 1. The van der Waals surface area contributed by atoms with Gasteiger partial charge in [0.2, 0.25) is 5.91 Å². The molecular formula is C14H16F3NO3. The van der Waals surface area contributed by atoms with Crippen molar-refractivity contribution in [1.29, 1.82) is 0 Å². The highest BCUT2D eigenvalue weighted by Crippen LogP contribution is 2.20. The molecule has 0 aliphatic rings. The number of halogens is 3. The highest BCUT2D eigenvalue weighted by Gasteiger charge is 2.25. The smallest absolute Gasteiger partial charge is 0.389 e. The van der Waals surface area contributed by atoms with E-state index in [0.717, 1.165) is 5.56 Å². The zero-order valence-electron chi connectivity index (χ0n) is 11.2. The first kappa shape index (κ1) is 17.0. The number of nitrogens with one attached hydrogen (secondary N) is 1. The number of carbonyl (C=O) groups is 2. The zero-order valence-corrected chi connectivity index (χ0v) is 11.2. The van der Waals surface area contributed by atoms with Gasteiger partial charge in [0.1, 0.15) is 0 Å². The van der Waals surface area contributed by atoms with Crippen LogP contribution < -0.4 is 5.32 Å². The van der Waals surface area contributed by atoms with Crippen molar-refractivity contribution in [2.24, 2.45) is 0 Å². The summed E-state index contributed by atoms with van der Waals surface area (Å²) in [6, 6.07) is 6.11. The van der Waals surface area contributed by atoms with E-state index in [4.69, 9.17) is 5.11 Å². The molecule has 0 saturated heterocycles. The Kier molecular flexibility index (Phi) is 6.20. The molecule has 0 radical (unpaired) electrons. The highest BCUT2D eigenvalue weighted by molar-refractivity contribution is 5.87. The second-order valence-electron chi connectivity index (χ2n) is 4.57. The minimum atomic E-state index is -4.20. The first-order chi connectivity index (χ1) is 9.78. The minimum Gasteiger partial charge on any atom is -0.478 e. The standard InChI is InChI=1S/C14H16F3NO3/c15-14(16,17)8-1-9-18-12(19)7-4-10-2-5-11(6-3-10)13(20)21/h2-3,5-6H,1,4,7-9H2,(H,18,19)(H,20,21). The van der Waals surface area contributed by atoms with Crippen LogP contribution in [0, 0.1) is 0 Å². The summed E-state index contributed by atoms with van der Waals surface area (Å²) in [4.78, 5) is 22.1. The van der Waals surface area contributed by atoms with Crippen molar-refractivity contribution < 1.29 is 27.9 Å². The Morgan fingerprint density at radius 3 is 2.29 bits per heavy atom.